The Kier molecular flexibility index (Phi) is 4.30. The number of nitrogens with zero attached hydrogens (tertiary/aromatic N) is 1. The molecule has 0 amide bonds. The van der Waals surface area contributed by atoms with E-state index in [1.165, 1.54) is 12.1 Å². The lowest BCUT2D eigenvalue weighted by Gasteiger charge is -2.27. The normalized spacial score (nSPS) is 18.0. The fourth-order valence-electron chi connectivity index (χ4n) is 1.93. The van der Waals surface area contributed by atoms with Crippen molar-refractivity contribution in [1.29, 1.82) is 0 Å². The molecule has 0 saturated heterocycles. The van der Waals surface area contributed by atoms with Gasteiger partial charge < -0.3 is 0 Å². The predicted molar refractivity (Wildman–Crippen MR) is 69.4 cm³/mol. The Balaban J connectivity index is 2.25. The molecule has 0 heterocycles. The van der Waals surface area contributed by atoms with Gasteiger partial charge in [0.25, 0.3) is 0 Å². The Morgan fingerprint density at radius 2 is 1.76 bits per heavy atom. The monoisotopic (exact) mass is 325 g/mol. The third-order valence-electron chi connectivity index (χ3n) is 3.44. The van der Waals surface area contributed by atoms with Gasteiger partial charge >= 0.3 is 6.18 Å². The molecule has 1 aliphatic carbocycles. The van der Waals surface area contributed by atoms with E-state index in [-0.39, 0.29) is 6.54 Å². The maximum absolute atomic E-state index is 12.8. The second kappa shape index (κ2) is 5.57. The van der Waals surface area contributed by atoms with Crippen LogP contribution in [0.5, 0.6) is 0 Å². The van der Waals surface area contributed by atoms with Gasteiger partial charge in [-0.25, -0.2) is 12.8 Å². The first-order chi connectivity index (χ1) is 9.62. The van der Waals surface area contributed by atoms with Gasteiger partial charge in [0.05, 0.1) is 0 Å². The second-order valence-electron chi connectivity index (χ2n) is 5.13. The third-order valence-corrected chi connectivity index (χ3v) is 5.68. The minimum Gasteiger partial charge on any atom is -0.212 e. The van der Waals surface area contributed by atoms with Crippen LogP contribution in [0.25, 0.3) is 0 Å². The molecule has 1 fully saturated rings. The average Bonchev–Trinajstić information content (AvgIpc) is 3.20. The zero-order chi connectivity index (χ0) is 15.8. The standard InChI is InChI=1S/C13H15F4NO2S/c1-9(13(15,16)17)21(19,20)18(12-6-7-12)8-10-2-4-11(14)5-3-10/h2-5,9,12H,6-8H2,1H3. The Bertz CT molecular complexity index is 594. The van der Waals surface area contributed by atoms with E-state index in [2.05, 4.69) is 0 Å². The van der Waals surface area contributed by atoms with E-state index in [1.807, 2.05) is 0 Å². The van der Waals surface area contributed by atoms with Crippen LogP contribution >= 0.6 is 0 Å². The summed E-state index contributed by atoms with van der Waals surface area (Å²) in [5.74, 6) is -0.483. The van der Waals surface area contributed by atoms with Crippen LogP contribution in [-0.4, -0.2) is 30.2 Å². The number of sulfonamides is 1. The summed E-state index contributed by atoms with van der Waals surface area (Å²) in [5.41, 5.74) is 0.459. The van der Waals surface area contributed by atoms with Crippen molar-refractivity contribution in [2.75, 3.05) is 0 Å². The molecule has 21 heavy (non-hydrogen) atoms. The molecule has 1 aromatic rings. The molecule has 118 valence electrons. The summed E-state index contributed by atoms with van der Waals surface area (Å²) < 4.78 is 76.2. The topological polar surface area (TPSA) is 37.4 Å². The van der Waals surface area contributed by atoms with Crippen LogP contribution in [0.3, 0.4) is 0 Å². The number of alkyl halides is 3. The van der Waals surface area contributed by atoms with Gasteiger partial charge in [-0.3, -0.25) is 0 Å². The summed E-state index contributed by atoms with van der Waals surface area (Å²) in [4.78, 5) is 0. The minimum absolute atomic E-state index is 0.173. The molecule has 1 aromatic carbocycles. The van der Waals surface area contributed by atoms with E-state index < -0.39 is 33.3 Å². The fourth-order valence-corrected chi connectivity index (χ4v) is 3.63. The lowest BCUT2D eigenvalue weighted by atomic mass is 10.2. The number of benzene rings is 1. The molecule has 2 rings (SSSR count). The van der Waals surface area contributed by atoms with Gasteiger partial charge in [-0.1, -0.05) is 12.1 Å². The quantitative estimate of drug-likeness (QED) is 0.780. The predicted octanol–water partition coefficient (Wildman–Crippen LogP) is 3.07. The zero-order valence-electron chi connectivity index (χ0n) is 11.3. The van der Waals surface area contributed by atoms with Gasteiger partial charge in [-0.2, -0.15) is 17.5 Å². The fraction of sp³-hybridized carbons (Fsp3) is 0.538. The third kappa shape index (κ3) is 3.74. The average molecular weight is 325 g/mol. The highest BCUT2D eigenvalue weighted by molar-refractivity contribution is 7.89. The molecule has 1 atom stereocenters. The molecular formula is C13H15F4NO2S. The summed E-state index contributed by atoms with van der Waals surface area (Å²) in [6.45, 7) is 0.475. The summed E-state index contributed by atoms with van der Waals surface area (Å²) in [5, 5.41) is -2.45. The molecule has 0 radical (unpaired) electrons. The van der Waals surface area contributed by atoms with Gasteiger partial charge in [-0.05, 0) is 37.5 Å². The van der Waals surface area contributed by atoms with Crippen molar-refractivity contribution in [3.63, 3.8) is 0 Å². The van der Waals surface area contributed by atoms with E-state index in [1.54, 1.807) is 0 Å². The summed E-state index contributed by atoms with van der Waals surface area (Å²) in [7, 11) is -4.49. The smallest absolute Gasteiger partial charge is 0.212 e. The number of halogens is 4. The maximum Gasteiger partial charge on any atom is 0.406 e. The number of hydrogen-bond acceptors (Lipinski definition) is 2. The highest BCUT2D eigenvalue weighted by atomic mass is 32.2. The van der Waals surface area contributed by atoms with Crippen molar-refractivity contribution in [2.24, 2.45) is 0 Å². The van der Waals surface area contributed by atoms with Crippen molar-refractivity contribution in [2.45, 2.75) is 43.8 Å². The second-order valence-corrected chi connectivity index (χ2v) is 7.34. The molecule has 1 saturated carbocycles. The van der Waals surface area contributed by atoms with Gasteiger partial charge in [0.1, 0.15) is 5.82 Å². The van der Waals surface area contributed by atoms with Crippen LogP contribution < -0.4 is 0 Å². The first-order valence-electron chi connectivity index (χ1n) is 6.44. The lowest BCUT2D eigenvalue weighted by Crippen LogP contribution is -2.45. The highest BCUT2D eigenvalue weighted by Crippen LogP contribution is 2.36. The zero-order valence-corrected chi connectivity index (χ0v) is 12.1. The minimum atomic E-state index is -4.81. The molecule has 1 aliphatic rings. The number of rotatable bonds is 5. The van der Waals surface area contributed by atoms with E-state index >= 15 is 0 Å². The van der Waals surface area contributed by atoms with Gasteiger partial charge in [0.15, 0.2) is 5.25 Å². The van der Waals surface area contributed by atoms with Crippen LogP contribution in [0.15, 0.2) is 24.3 Å². The molecule has 1 unspecified atom stereocenters. The maximum atomic E-state index is 12.8. The molecule has 3 nitrogen and oxygen atoms in total. The van der Waals surface area contributed by atoms with Crippen molar-refractivity contribution in [1.82, 2.24) is 4.31 Å². The first kappa shape index (κ1) is 16.2. The Labute approximate surface area is 120 Å². The van der Waals surface area contributed by atoms with Crippen LogP contribution in [0.2, 0.25) is 0 Å². The Morgan fingerprint density at radius 1 is 1.24 bits per heavy atom. The van der Waals surface area contributed by atoms with Crippen molar-refractivity contribution < 1.29 is 26.0 Å². The van der Waals surface area contributed by atoms with Gasteiger partial charge in [0.2, 0.25) is 10.0 Å². The Morgan fingerprint density at radius 3 is 2.19 bits per heavy atom. The molecular weight excluding hydrogens is 310 g/mol. The highest BCUT2D eigenvalue weighted by Gasteiger charge is 2.50. The molecule has 0 aliphatic heterocycles. The van der Waals surface area contributed by atoms with Crippen molar-refractivity contribution >= 4 is 10.0 Å². The summed E-state index contributed by atoms with van der Waals surface area (Å²) in [6.07, 6.45) is -3.72. The SMILES string of the molecule is CC(C(F)(F)F)S(=O)(=O)N(Cc1ccc(F)cc1)C1CC1. The number of hydrogen-bond donors (Lipinski definition) is 0. The molecule has 0 N–H and O–H groups in total. The van der Waals surface area contributed by atoms with Crippen LogP contribution in [-0.2, 0) is 16.6 Å². The molecule has 8 heteroatoms. The molecule has 0 bridgehead atoms. The van der Waals surface area contributed by atoms with Gasteiger partial charge in [-0.15, -0.1) is 0 Å². The Hall–Kier alpha value is -1.15. The van der Waals surface area contributed by atoms with Gasteiger partial charge in [0, 0.05) is 12.6 Å². The van der Waals surface area contributed by atoms with E-state index in [0.29, 0.717) is 25.3 Å². The summed E-state index contributed by atoms with van der Waals surface area (Å²) in [6, 6.07) is 4.65. The van der Waals surface area contributed by atoms with Crippen molar-refractivity contribution in [3.8, 4) is 0 Å². The summed E-state index contributed by atoms with van der Waals surface area (Å²) >= 11 is 0. The van der Waals surface area contributed by atoms with E-state index in [4.69, 9.17) is 0 Å². The first-order valence-corrected chi connectivity index (χ1v) is 7.94. The molecule has 0 spiro atoms. The van der Waals surface area contributed by atoms with E-state index in [0.717, 1.165) is 16.4 Å². The lowest BCUT2D eigenvalue weighted by molar-refractivity contribution is -0.127. The molecule has 0 aromatic heterocycles. The van der Waals surface area contributed by atoms with Crippen LogP contribution in [0, 0.1) is 5.82 Å². The van der Waals surface area contributed by atoms with Crippen LogP contribution in [0.1, 0.15) is 25.3 Å². The van der Waals surface area contributed by atoms with E-state index in [9.17, 15) is 26.0 Å². The van der Waals surface area contributed by atoms with Crippen molar-refractivity contribution in [3.05, 3.63) is 35.6 Å². The van der Waals surface area contributed by atoms with Crippen LogP contribution in [0.4, 0.5) is 17.6 Å². The largest absolute Gasteiger partial charge is 0.406 e.